The average molecular weight is 422 g/mol. The van der Waals surface area contributed by atoms with Crippen LogP contribution in [0.5, 0.6) is 0 Å². The van der Waals surface area contributed by atoms with E-state index in [1.165, 1.54) is 6.20 Å². The van der Waals surface area contributed by atoms with E-state index in [1.807, 2.05) is 30.9 Å². The summed E-state index contributed by atoms with van der Waals surface area (Å²) in [5, 5.41) is 4.35. The van der Waals surface area contributed by atoms with Gasteiger partial charge >= 0.3 is 5.97 Å². The molecular formula is C22H26N6O3. The molecule has 0 radical (unpaired) electrons. The molecule has 0 unspecified atom stereocenters. The Labute approximate surface area is 180 Å². The van der Waals surface area contributed by atoms with Gasteiger partial charge in [-0.25, -0.2) is 19.3 Å². The van der Waals surface area contributed by atoms with Crippen LogP contribution in [0.15, 0.2) is 30.6 Å². The third-order valence-electron chi connectivity index (χ3n) is 5.37. The molecule has 0 N–H and O–H groups in total. The van der Waals surface area contributed by atoms with Crippen molar-refractivity contribution in [2.75, 3.05) is 37.7 Å². The second kappa shape index (κ2) is 8.71. The Balaban J connectivity index is 1.47. The van der Waals surface area contributed by atoms with Crippen molar-refractivity contribution in [3.8, 4) is 0 Å². The summed E-state index contributed by atoms with van der Waals surface area (Å²) in [7, 11) is 0. The van der Waals surface area contributed by atoms with E-state index in [4.69, 9.17) is 4.74 Å². The lowest BCUT2D eigenvalue weighted by molar-refractivity contribution is 0.0525. The van der Waals surface area contributed by atoms with Crippen molar-refractivity contribution in [3.63, 3.8) is 0 Å². The molecule has 4 heterocycles. The maximum absolute atomic E-state index is 13.2. The Morgan fingerprint density at radius 3 is 2.68 bits per heavy atom. The number of nitrogens with zero attached hydrogens (tertiary/aromatic N) is 6. The molecule has 3 aromatic heterocycles. The molecule has 4 rings (SSSR count). The number of rotatable bonds is 4. The Bertz CT molecular complexity index is 1110. The number of fused-ring (bicyclic) bond motifs is 1. The third-order valence-corrected chi connectivity index (χ3v) is 5.37. The molecule has 1 amide bonds. The number of ether oxygens (including phenoxy) is 1. The molecule has 0 spiro atoms. The van der Waals surface area contributed by atoms with Crippen molar-refractivity contribution in [2.45, 2.75) is 27.2 Å². The monoisotopic (exact) mass is 422 g/mol. The quantitative estimate of drug-likeness (QED) is 0.596. The van der Waals surface area contributed by atoms with Gasteiger partial charge in [-0.3, -0.25) is 4.79 Å². The number of anilines is 1. The first-order valence-electron chi connectivity index (χ1n) is 10.5. The Kier molecular flexibility index (Phi) is 5.83. The maximum atomic E-state index is 13.2. The summed E-state index contributed by atoms with van der Waals surface area (Å²) in [5.74, 6) is 0.355. The van der Waals surface area contributed by atoms with Gasteiger partial charge in [-0.05, 0) is 45.4 Å². The molecule has 0 bridgehead atoms. The van der Waals surface area contributed by atoms with Gasteiger partial charge in [-0.1, -0.05) is 0 Å². The van der Waals surface area contributed by atoms with E-state index in [0.717, 1.165) is 30.2 Å². The summed E-state index contributed by atoms with van der Waals surface area (Å²) in [6.45, 7) is 8.63. The molecule has 162 valence electrons. The lowest BCUT2D eigenvalue weighted by Gasteiger charge is -2.22. The standard InChI is InChI=1S/C22H26N6O3/c1-4-31-22(30)17-6-7-19(23-13-17)26-8-5-9-27(11-10-26)21(29)18-14-24-28-16(3)12-15(2)25-20(18)28/h6-7,12-14H,4-5,8-11H2,1-3H3. The van der Waals surface area contributed by atoms with Crippen LogP contribution >= 0.6 is 0 Å². The van der Waals surface area contributed by atoms with E-state index in [9.17, 15) is 9.59 Å². The highest BCUT2D eigenvalue weighted by Crippen LogP contribution is 2.18. The molecule has 1 aliphatic heterocycles. The topological polar surface area (TPSA) is 92.9 Å². The molecule has 0 aromatic carbocycles. The molecule has 9 heteroatoms. The smallest absolute Gasteiger partial charge is 0.339 e. The highest BCUT2D eigenvalue weighted by molar-refractivity contribution is 5.99. The highest BCUT2D eigenvalue weighted by Gasteiger charge is 2.24. The second-order valence-electron chi connectivity index (χ2n) is 7.59. The lowest BCUT2D eigenvalue weighted by atomic mass is 10.2. The Morgan fingerprint density at radius 2 is 1.94 bits per heavy atom. The van der Waals surface area contributed by atoms with E-state index in [2.05, 4.69) is 20.0 Å². The van der Waals surface area contributed by atoms with E-state index in [1.54, 1.807) is 23.7 Å². The van der Waals surface area contributed by atoms with Gasteiger partial charge in [0.2, 0.25) is 0 Å². The summed E-state index contributed by atoms with van der Waals surface area (Å²) in [6.07, 6.45) is 3.96. The van der Waals surface area contributed by atoms with Crippen LogP contribution in [0.3, 0.4) is 0 Å². The third kappa shape index (κ3) is 4.21. The van der Waals surface area contributed by atoms with Crippen molar-refractivity contribution in [2.24, 2.45) is 0 Å². The van der Waals surface area contributed by atoms with Crippen molar-refractivity contribution in [1.29, 1.82) is 0 Å². The minimum atomic E-state index is -0.373. The summed E-state index contributed by atoms with van der Waals surface area (Å²) in [6, 6.07) is 5.49. The van der Waals surface area contributed by atoms with Crippen LogP contribution in [-0.2, 0) is 4.74 Å². The van der Waals surface area contributed by atoms with E-state index in [0.29, 0.717) is 43.0 Å². The number of amides is 1. The zero-order chi connectivity index (χ0) is 22.0. The van der Waals surface area contributed by atoms with Crippen LogP contribution < -0.4 is 4.90 Å². The van der Waals surface area contributed by atoms with Crippen molar-refractivity contribution >= 4 is 23.3 Å². The number of carbonyl (C=O) groups is 2. The van der Waals surface area contributed by atoms with Crippen LogP contribution in [0.2, 0.25) is 0 Å². The molecule has 0 atom stereocenters. The van der Waals surface area contributed by atoms with Crippen LogP contribution in [0, 0.1) is 13.8 Å². The number of aromatic nitrogens is 4. The summed E-state index contributed by atoms with van der Waals surface area (Å²) >= 11 is 0. The van der Waals surface area contributed by atoms with Crippen LogP contribution in [-0.4, -0.2) is 69.1 Å². The first kappa shape index (κ1) is 20.8. The molecule has 0 saturated carbocycles. The van der Waals surface area contributed by atoms with E-state index < -0.39 is 0 Å². The molecule has 1 saturated heterocycles. The molecule has 1 aliphatic rings. The van der Waals surface area contributed by atoms with E-state index in [-0.39, 0.29) is 11.9 Å². The number of esters is 1. The van der Waals surface area contributed by atoms with Gasteiger partial charge in [0.25, 0.3) is 5.91 Å². The fourth-order valence-corrected chi connectivity index (χ4v) is 3.85. The summed E-state index contributed by atoms with van der Waals surface area (Å²) < 4.78 is 6.71. The maximum Gasteiger partial charge on any atom is 0.339 e. The van der Waals surface area contributed by atoms with Gasteiger partial charge in [0.1, 0.15) is 11.4 Å². The molecule has 3 aromatic rings. The molecule has 0 aliphatic carbocycles. The van der Waals surface area contributed by atoms with Gasteiger partial charge in [-0.2, -0.15) is 5.10 Å². The molecular weight excluding hydrogens is 396 g/mol. The molecule has 31 heavy (non-hydrogen) atoms. The first-order chi connectivity index (χ1) is 15.0. The van der Waals surface area contributed by atoms with Gasteiger partial charge in [0, 0.05) is 43.8 Å². The molecule has 9 nitrogen and oxygen atoms in total. The highest BCUT2D eigenvalue weighted by atomic mass is 16.5. The predicted octanol–water partition coefficient (Wildman–Crippen LogP) is 2.27. The Morgan fingerprint density at radius 1 is 1.10 bits per heavy atom. The van der Waals surface area contributed by atoms with E-state index >= 15 is 0 Å². The van der Waals surface area contributed by atoms with Crippen molar-refractivity contribution in [3.05, 3.63) is 53.1 Å². The van der Waals surface area contributed by atoms with Crippen molar-refractivity contribution < 1.29 is 14.3 Å². The number of pyridine rings is 1. The van der Waals surface area contributed by atoms with Crippen LogP contribution in [0.1, 0.15) is 45.4 Å². The fourth-order valence-electron chi connectivity index (χ4n) is 3.85. The largest absolute Gasteiger partial charge is 0.462 e. The zero-order valence-electron chi connectivity index (χ0n) is 18.0. The van der Waals surface area contributed by atoms with Gasteiger partial charge in [0.05, 0.1) is 18.4 Å². The predicted molar refractivity (Wildman–Crippen MR) is 115 cm³/mol. The van der Waals surface area contributed by atoms with Crippen LogP contribution in [0.4, 0.5) is 5.82 Å². The van der Waals surface area contributed by atoms with Gasteiger partial charge < -0.3 is 14.5 Å². The SMILES string of the molecule is CCOC(=O)c1ccc(N2CCCN(C(=O)c3cnn4c(C)cc(C)nc34)CC2)nc1. The number of aryl methyl sites for hydroxylation is 2. The minimum absolute atomic E-state index is 0.0556. The number of carbonyl (C=O) groups excluding carboxylic acids is 2. The second-order valence-corrected chi connectivity index (χ2v) is 7.59. The summed E-state index contributed by atoms with van der Waals surface area (Å²) in [4.78, 5) is 38.0. The average Bonchev–Trinajstić information content (AvgIpc) is 3.02. The normalized spacial score (nSPS) is 14.5. The van der Waals surface area contributed by atoms with Gasteiger partial charge in [0.15, 0.2) is 5.65 Å². The minimum Gasteiger partial charge on any atom is -0.462 e. The fraction of sp³-hybridized carbons (Fsp3) is 0.409. The Hall–Kier alpha value is -3.49. The first-order valence-corrected chi connectivity index (χ1v) is 10.5. The van der Waals surface area contributed by atoms with Crippen LogP contribution in [0.25, 0.3) is 5.65 Å². The van der Waals surface area contributed by atoms with Gasteiger partial charge in [-0.15, -0.1) is 0 Å². The zero-order valence-corrected chi connectivity index (χ0v) is 18.0. The number of hydrogen-bond acceptors (Lipinski definition) is 7. The number of hydrogen-bond donors (Lipinski definition) is 0. The summed E-state index contributed by atoms with van der Waals surface area (Å²) in [5.41, 5.74) is 3.36. The van der Waals surface area contributed by atoms with Crippen molar-refractivity contribution in [1.82, 2.24) is 24.5 Å². The molecule has 1 fully saturated rings. The lowest BCUT2D eigenvalue weighted by Crippen LogP contribution is -2.35.